The number of fused-ring (bicyclic) bond motifs is 1. The lowest BCUT2D eigenvalue weighted by atomic mass is 9.85. The molecule has 3 amide bonds. The highest BCUT2D eigenvalue weighted by molar-refractivity contribution is 6.07. The number of rotatable bonds is 4. The average Bonchev–Trinajstić information content (AvgIpc) is 2.81. The van der Waals surface area contributed by atoms with Crippen LogP contribution in [0.25, 0.3) is 0 Å². The lowest BCUT2D eigenvalue weighted by Crippen LogP contribution is -2.41. The number of allylic oxidation sites excluding steroid dienone is 2. The Morgan fingerprint density at radius 3 is 2.22 bits per heavy atom. The molecule has 23 heavy (non-hydrogen) atoms. The van der Waals surface area contributed by atoms with Gasteiger partial charge in [-0.2, -0.15) is 0 Å². The van der Waals surface area contributed by atoms with Gasteiger partial charge in [-0.25, -0.2) is 0 Å². The summed E-state index contributed by atoms with van der Waals surface area (Å²) in [6, 6.07) is 9.63. The van der Waals surface area contributed by atoms with Crippen molar-refractivity contribution in [1.82, 2.24) is 9.80 Å². The lowest BCUT2D eigenvalue weighted by molar-refractivity contribution is -0.146. The Morgan fingerprint density at radius 2 is 1.65 bits per heavy atom. The van der Waals surface area contributed by atoms with Gasteiger partial charge in [0, 0.05) is 13.6 Å². The summed E-state index contributed by atoms with van der Waals surface area (Å²) >= 11 is 0. The average molecular weight is 312 g/mol. The molecule has 2 atom stereocenters. The predicted molar refractivity (Wildman–Crippen MR) is 85.0 cm³/mol. The van der Waals surface area contributed by atoms with Crippen LogP contribution in [0.1, 0.15) is 18.4 Å². The number of amides is 3. The summed E-state index contributed by atoms with van der Waals surface area (Å²) < 4.78 is 0. The second-order valence-electron chi connectivity index (χ2n) is 6.15. The van der Waals surface area contributed by atoms with Gasteiger partial charge in [-0.3, -0.25) is 19.3 Å². The zero-order valence-electron chi connectivity index (χ0n) is 13.1. The third-order valence-corrected chi connectivity index (χ3v) is 4.58. The Kier molecular flexibility index (Phi) is 4.28. The van der Waals surface area contributed by atoms with Crippen molar-refractivity contribution in [1.29, 1.82) is 0 Å². The van der Waals surface area contributed by atoms with Crippen LogP contribution in [0.2, 0.25) is 0 Å². The van der Waals surface area contributed by atoms with Gasteiger partial charge in [0.1, 0.15) is 6.54 Å². The molecule has 1 fully saturated rings. The van der Waals surface area contributed by atoms with Crippen LogP contribution >= 0.6 is 0 Å². The molecule has 0 spiro atoms. The fourth-order valence-electron chi connectivity index (χ4n) is 3.23. The summed E-state index contributed by atoms with van der Waals surface area (Å²) in [5.41, 5.74) is 1.01. The zero-order valence-corrected chi connectivity index (χ0v) is 13.1. The normalized spacial score (nSPS) is 23.1. The molecule has 2 aliphatic rings. The maximum atomic E-state index is 12.4. The highest BCUT2D eigenvalue weighted by Crippen LogP contribution is 2.34. The number of imide groups is 1. The Balaban J connectivity index is 1.63. The highest BCUT2D eigenvalue weighted by atomic mass is 16.2. The molecule has 5 heteroatoms. The summed E-state index contributed by atoms with van der Waals surface area (Å²) in [6.45, 7) is 0.304. The van der Waals surface area contributed by atoms with E-state index < -0.39 is 0 Å². The highest BCUT2D eigenvalue weighted by Gasteiger charge is 2.47. The number of carbonyl (C=O) groups is 3. The first kappa shape index (κ1) is 15.5. The van der Waals surface area contributed by atoms with Crippen LogP contribution in [-0.4, -0.2) is 41.1 Å². The maximum Gasteiger partial charge on any atom is 0.242 e. The topological polar surface area (TPSA) is 57.7 Å². The number of carbonyl (C=O) groups excluding carboxylic acids is 3. The molecule has 120 valence electrons. The van der Waals surface area contributed by atoms with Gasteiger partial charge in [0.15, 0.2) is 0 Å². The van der Waals surface area contributed by atoms with E-state index in [4.69, 9.17) is 0 Å². The minimum atomic E-state index is -0.278. The second kappa shape index (κ2) is 6.36. The van der Waals surface area contributed by atoms with E-state index in [1.54, 1.807) is 11.9 Å². The summed E-state index contributed by atoms with van der Waals surface area (Å²) in [4.78, 5) is 39.8. The van der Waals surface area contributed by atoms with Crippen LogP contribution in [0.15, 0.2) is 42.5 Å². The first-order chi connectivity index (χ1) is 11.1. The fraction of sp³-hybridized carbons (Fsp3) is 0.389. The third kappa shape index (κ3) is 3.04. The number of likely N-dealkylation sites (N-methyl/N-ethyl adjacent to an activating group) is 1. The van der Waals surface area contributed by atoms with Crippen LogP contribution in [-0.2, 0) is 20.9 Å². The fourth-order valence-corrected chi connectivity index (χ4v) is 3.23. The van der Waals surface area contributed by atoms with Crippen molar-refractivity contribution in [3.05, 3.63) is 48.0 Å². The molecular formula is C18H20N2O3. The molecule has 1 aliphatic carbocycles. The molecule has 1 saturated heterocycles. The summed E-state index contributed by atoms with van der Waals surface area (Å²) in [6.07, 6.45) is 5.08. The minimum Gasteiger partial charge on any atom is -0.340 e. The van der Waals surface area contributed by atoms with E-state index in [1.165, 1.54) is 0 Å². The molecule has 1 aromatic rings. The standard InChI is InChI=1S/C18H20N2O3/c1-19(11-13-7-3-2-4-8-13)16(21)12-20-17(22)14-9-5-6-10-15(14)18(20)23/h2-8,14-15H,9-12H2,1H3/t14-,15+. The SMILES string of the molecule is CN(Cc1ccccc1)C(=O)CN1C(=O)[C@H]2CC=CC[C@H]2C1=O. The van der Waals surface area contributed by atoms with Crippen molar-refractivity contribution in [2.75, 3.05) is 13.6 Å². The number of nitrogens with zero attached hydrogens (tertiary/aromatic N) is 2. The molecule has 3 rings (SSSR count). The van der Waals surface area contributed by atoms with Crippen LogP contribution in [0.5, 0.6) is 0 Å². The molecule has 0 radical (unpaired) electrons. The van der Waals surface area contributed by atoms with E-state index in [2.05, 4.69) is 0 Å². The van der Waals surface area contributed by atoms with Crippen LogP contribution < -0.4 is 0 Å². The molecule has 0 saturated carbocycles. The van der Waals surface area contributed by atoms with Crippen molar-refractivity contribution in [3.63, 3.8) is 0 Å². The van der Waals surface area contributed by atoms with Crippen molar-refractivity contribution >= 4 is 17.7 Å². The monoisotopic (exact) mass is 312 g/mol. The van der Waals surface area contributed by atoms with Crippen molar-refractivity contribution in [2.45, 2.75) is 19.4 Å². The van der Waals surface area contributed by atoms with E-state index in [0.717, 1.165) is 10.5 Å². The van der Waals surface area contributed by atoms with Gasteiger partial charge in [-0.1, -0.05) is 42.5 Å². The van der Waals surface area contributed by atoms with Gasteiger partial charge < -0.3 is 4.90 Å². The first-order valence-corrected chi connectivity index (χ1v) is 7.86. The summed E-state index contributed by atoms with van der Waals surface area (Å²) in [5, 5.41) is 0. The Labute approximate surface area is 135 Å². The Hall–Kier alpha value is -2.43. The Bertz CT molecular complexity index is 627. The van der Waals surface area contributed by atoms with Crippen LogP contribution in [0, 0.1) is 11.8 Å². The van der Waals surface area contributed by atoms with Gasteiger partial charge in [0.05, 0.1) is 11.8 Å². The van der Waals surface area contributed by atoms with E-state index in [9.17, 15) is 14.4 Å². The second-order valence-corrected chi connectivity index (χ2v) is 6.15. The van der Waals surface area contributed by atoms with Gasteiger partial charge in [-0.15, -0.1) is 0 Å². The van der Waals surface area contributed by atoms with Gasteiger partial charge >= 0.3 is 0 Å². The lowest BCUT2D eigenvalue weighted by Gasteiger charge is -2.21. The number of hydrogen-bond donors (Lipinski definition) is 0. The van der Waals surface area contributed by atoms with Crippen LogP contribution in [0.4, 0.5) is 0 Å². The molecule has 0 bridgehead atoms. The van der Waals surface area contributed by atoms with Crippen molar-refractivity contribution in [2.24, 2.45) is 11.8 Å². The van der Waals surface area contributed by atoms with E-state index in [1.807, 2.05) is 42.5 Å². The predicted octanol–water partition coefficient (Wildman–Crippen LogP) is 1.60. The van der Waals surface area contributed by atoms with Gasteiger partial charge in [0.2, 0.25) is 17.7 Å². The largest absolute Gasteiger partial charge is 0.340 e. The quantitative estimate of drug-likeness (QED) is 0.627. The molecule has 0 aromatic heterocycles. The molecule has 1 aromatic carbocycles. The smallest absolute Gasteiger partial charge is 0.242 e. The number of benzene rings is 1. The van der Waals surface area contributed by atoms with E-state index in [-0.39, 0.29) is 36.1 Å². The van der Waals surface area contributed by atoms with Crippen molar-refractivity contribution in [3.8, 4) is 0 Å². The molecule has 1 aliphatic heterocycles. The molecule has 1 heterocycles. The zero-order chi connectivity index (χ0) is 16.4. The van der Waals surface area contributed by atoms with E-state index >= 15 is 0 Å². The maximum absolute atomic E-state index is 12.4. The first-order valence-electron chi connectivity index (χ1n) is 7.86. The van der Waals surface area contributed by atoms with Crippen LogP contribution in [0.3, 0.4) is 0 Å². The minimum absolute atomic E-state index is 0.159. The summed E-state index contributed by atoms with van der Waals surface area (Å²) in [7, 11) is 1.69. The molecule has 0 N–H and O–H groups in total. The summed E-state index contributed by atoms with van der Waals surface area (Å²) in [5.74, 6) is -1.18. The number of likely N-dealkylation sites (tertiary alicyclic amines) is 1. The molecule has 5 nitrogen and oxygen atoms in total. The Morgan fingerprint density at radius 1 is 1.09 bits per heavy atom. The van der Waals surface area contributed by atoms with Crippen molar-refractivity contribution < 1.29 is 14.4 Å². The molecule has 0 unspecified atom stereocenters. The van der Waals surface area contributed by atoms with E-state index in [0.29, 0.717) is 19.4 Å². The third-order valence-electron chi connectivity index (χ3n) is 4.58. The van der Waals surface area contributed by atoms with Gasteiger partial charge in [0.25, 0.3) is 0 Å². The molecular weight excluding hydrogens is 292 g/mol. The van der Waals surface area contributed by atoms with Gasteiger partial charge in [-0.05, 0) is 18.4 Å². The number of hydrogen-bond acceptors (Lipinski definition) is 3.